The molecule has 0 bridgehead atoms. The Hall–Kier alpha value is -1.95. The van der Waals surface area contributed by atoms with Gasteiger partial charge in [0.25, 0.3) is 0 Å². The highest BCUT2D eigenvalue weighted by atomic mass is 15.6. The van der Waals surface area contributed by atoms with Crippen LogP contribution < -0.4 is 4.90 Å². The van der Waals surface area contributed by atoms with Crippen molar-refractivity contribution in [3.05, 3.63) is 36.2 Å². The van der Waals surface area contributed by atoms with Crippen molar-refractivity contribution in [2.45, 2.75) is 46.2 Å². The Morgan fingerprint density at radius 1 is 0.960 bits per heavy atom. The number of anilines is 1. The Bertz CT molecular complexity index is 643. The van der Waals surface area contributed by atoms with Gasteiger partial charge in [0.1, 0.15) is 0 Å². The second-order valence-corrected chi connectivity index (χ2v) is 7.58. The van der Waals surface area contributed by atoms with Crippen molar-refractivity contribution in [1.29, 1.82) is 0 Å². The molecule has 0 N–H and O–H groups in total. The van der Waals surface area contributed by atoms with Crippen LogP contribution in [0, 0.1) is 5.92 Å². The molecule has 0 unspecified atom stereocenters. The zero-order valence-electron chi connectivity index (χ0n) is 15.8. The van der Waals surface area contributed by atoms with Crippen LogP contribution in [0.25, 0.3) is 0 Å². The van der Waals surface area contributed by atoms with Crippen molar-refractivity contribution in [2.75, 3.05) is 31.1 Å². The van der Waals surface area contributed by atoms with Crippen LogP contribution in [-0.2, 0) is 0 Å². The summed E-state index contributed by atoms with van der Waals surface area (Å²) < 4.78 is 1.98. The molecule has 2 aromatic rings. The maximum Gasteiger partial charge on any atom is 0.168 e. The van der Waals surface area contributed by atoms with Gasteiger partial charge in [-0.25, -0.2) is 4.68 Å². The van der Waals surface area contributed by atoms with E-state index in [4.69, 9.17) is 0 Å². The molecule has 0 radical (unpaired) electrons. The lowest BCUT2D eigenvalue weighted by molar-refractivity contribution is 0.151. The van der Waals surface area contributed by atoms with Gasteiger partial charge >= 0.3 is 0 Å². The number of rotatable bonds is 6. The second kappa shape index (κ2) is 7.95. The van der Waals surface area contributed by atoms with Crippen molar-refractivity contribution in [3.63, 3.8) is 0 Å². The Kier molecular flexibility index (Phi) is 5.68. The maximum absolute atomic E-state index is 4.39. The Morgan fingerprint density at radius 3 is 2.24 bits per heavy atom. The summed E-state index contributed by atoms with van der Waals surface area (Å²) in [6.07, 6.45) is 1.08. The van der Waals surface area contributed by atoms with Crippen molar-refractivity contribution < 1.29 is 0 Å². The van der Waals surface area contributed by atoms with E-state index >= 15 is 0 Å². The Morgan fingerprint density at radius 2 is 1.64 bits per heavy atom. The predicted octanol–water partition coefficient (Wildman–Crippen LogP) is 3.16. The van der Waals surface area contributed by atoms with Crippen LogP contribution in [0.3, 0.4) is 0 Å². The SMILES string of the molecule is CC(C)C[C@@H](c1nnnn1C(C)C)N1CCN(c2ccccc2)CC1. The van der Waals surface area contributed by atoms with E-state index in [9.17, 15) is 0 Å². The molecule has 1 aromatic carbocycles. The summed E-state index contributed by atoms with van der Waals surface area (Å²) in [5, 5.41) is 12.6. The van der Waals surface area contributed by atoms with Gasteiger partial charge in [-0.3, -0.25) is 4.90 Å². The summed E-state index contributed by atoms with van der Waals surface area (Å²) in [5.41, 5.74) is 1.31. The standard InChI is InChI=1S/C19H30N6/c1-15(2)14-18(19-20-21-22-25(19)16(3)4)24-12-10-23(11-13-24)17-8-6-5-7-9-17/h5-9,15-16,18H,10-14H2,1-4H3/t18-/m0/s1. The first-order valence-corrected chi connectivity index (χ1v) is 9.38. The Labute approximate surface area is 150 Å². The van der Waals surface area contributed by atoms with Gasteiger partial charge in [-0.2, -0.15) is 0 Å². The topological polar surface area (TPSA) is 50.1 Å². The third kappa shape index (κ3) is 4.18. The molecule has 1 aliphatic rings. The summed E-state index contributed by atoms with van der Waals surface area (Å²) in [6.45, 7) is 13.0. The fourth-order valence-corrected chi connectivity index (χ4v) is 3.58. The molecule has 25 heavy (non-hydrogen) atoms. The molecule has 136 valence electrons. The van der Waals surface area contributed by atoms with Gasteiger partial charge in [0.2, 0.25) is 0 Å². The molecule has 0 saturated carbocycles. The van der Waals surface area contributed by atoms with Gasteiger partial charge < -0.3 is 4.90 Å². The van der Waals surface area contributed by atoms with Gasteiger partial charge in [0, 0.05) is 31.9 Å². The minimum absolute atomic E-state index is 0.283. The molecule has 0 amide bonds. The molecule has 3 rings (SSSR count). The first kappa shape index (κ1) is 17.9. The van der Waals surface area contributed by atoms with Crippen molar-refractivity contribution in [1.82, 2.24) is 25.1 Å². The van der Waals surface area contributed by atoms with E-state index in [2.05, 4.69) is 83.4 Å². The van der Waals surface area contributed by atoms with Crippen LogP contribution in [0.4, 0.5) is 5.69 Å². The molecule has 6 nitrogen and oxygen atoms in total. The molecule has 2 heterocycles. The first-order chi connectivity index (χ1) is 12.1. The minimum Gasteiger partial charge on any atom is -0.369 e. The molecule has 1 saturated heterocycles. The van der Waals surface area contributed by atoms with E-state index in [0.717, 1.165) is 38.4 Å². The van der Waals surface area contributed by atoms with Gasteiger partial charge in [-0.15, -0.1) is 5.10 Å². The predicted molar refractivity (Wildman–Crippen MR) is 101 cm³/mol. The second-order valence-electron chi connectivity index (χ2n) is 7.58. The minimum atomic E-state index is 0.283. The van der Waals surface area contributed by atoms with Gasteiger partial charge in [0.15, 0.2) is 5.82 Å². The average Bonchev–Trinajstić information content (AvgIpc) is 3.10. The van der Waals surface area contributed by atoms with Crippen molar-refractivity contribution >= 4 is 5.69 Å². The summed E-state index contributed by atoms with van der Waals surface area (Å²) in [7, 11) is 0. The smallest absolute Gasteiger partial charge is 0.168 e. The number of piperazine rings is 1. The van der Waals surface area contributed by atoms with E-state index in [1.54, 1.807) is 0 Å². The van der Waals surface area contributed by atoms with Crippen LogP contribution in [0.15, 0.2) is 30.3 Å². The summed E-state index contributed by atoms with van der Waals surface area (Å²) in [6, 6.07) is 11.3. The number of benzene rings is 1. The van der Waals surface area contributed by atoms with Gasteiger partial charge in [-0.1, -0.05) is 32.0 Å². The third-order valence-corrected chi connectivity index (χ3v) is 4.88. The zero-order chi connectivity index (χ0) is 17.8. The summed E-state index contributed by atoms with van der Waals surface area (Å²) in [4.78, 5) is 5.03. The largest absolute Gasteiger partial charge is 0.369 e. The Balaban J connectivity index is 1.74. The molecule has 0 aliphatic carbocycles. The molecule has 6 heteroatoms. The summed E-state index contributed by atoms with van der Waals surface area (Å²) >= 11 is 0. The number of tetrazole rings is 1. The lowest BCUT2D eigenvalue weighted by Gasteiger charge is -2.40. The van der Waals surface area contributed by atoms with Gasteiger partial charge in [0.05, 0.1) is 12.1 Å². The van der Waals surface area contributed by atoms with E-state index in [0.29, 0.717) is 5.92 Å². The molecule has 1 aromatic heterocycles. The normalized spacial score (nSPS) is 17.4. The average molecular weight is 342 g/mol. The van der Waals surface area contributed by atoms with Crippen molar-refractivity contribution in [2.24, 2.45) is 5.92 Å². The first-order valence-electron chi connectivity index (χ1n) is 9.38. The monoisotopic (exact) mass is 342 g/mol. The molecule has 1 atom stereocenters. The lowest BCUT2D eigenvalue weighted by Crippen LogP contribution is -2.48. The van der Waals surface area contributed by atoms with Crippen molar-refractivity contribution in [3.8, 4) is 0 Å². The molecular formula is C19H30N6. The quantitative estimate of drug-likeness (QED) is 0.807. The summed E-state index contributed by atoms with van der Waals surface area (Å²) in [5.74, 6) is 1.62. The van der Waals surface area contributed by atoms with E-state index in [-0.39, 0.29) is 12.1 Å². The zero-order valence-corrected chi connectivity index (χ0v) is 15.8. The van der Waals surface area contributed by atoms with Crippen LogP contribution >= 0.6 is 0 Å². The lowest BCUT2D eigenvalue weighted by atomic mass is 10.0. The number of para-hydroxylation sites is 1. The van der Waals surface area contributed by atoms with Crippen LogP contribution in [0.2, 0.25) is 0 Å². The molecule has 1 aliphatic heterocycles. The highest BCUT2D eigenvalue weighted by molar-refractivity contribution is 5.46. The highest BCUT2D eigenvalue weighted by Crippen LogP contribution is 2.29. The maximum atomic E-state index is 4.39. The van der Waals surface area contributed by atoms with Crippen LogP contribution in [0.1, 0.15) is 52.0 Å². The molecule has 0 spiro atoms. The highest BCUT2D eigenvalue weighted by Gasteiger charge is 2.30. The molecular weight excluding hydrogens is 312 g/mol. The van der Waals surface area contributed by atoms with Crippen LogP contribution in [0.5, 0.6) is 0 Å². The number of nitrogens with zero attached hydrogens (tertiary/aromatic N) is 6. The van der Waals surface area contributed by atoms with E-state index in [1.807, 2.05) is 4.68 Å². The van der Waals surface area contributed by atoms with E-state index < -0.39 is 0 Å². The molecule has 1 fully saturated rings. The fourth-order valence-electron chi connectivity index (χ4n) is 3.58. The third-order valence-electron chi connectivity index (χ3n) is 4.88. The van der Waals surface area contributed by atoms with Gasteiger partial charge in [-0.05, 0) is 48.7 Å². The fraction of sp³-hybridized carbons (Fsp3) is 0.632. The number of hydrogen-bond donors (Lipinski definition) is 0. The number of aromatic nitrogens is 4. The van der Waals surface area contributed by atoms with Crippen LogP contribution in [-0.4, -0.2) is 51.3 Å². The number of hydrogen-bond acceptors (Lipinski definition) is 5. The van der Waals surface area contributed by atoms with E-state index in [1.165, 1.54) is 5.69 Å².